The van der Waals surface area contributed by atoms with Crippen molar-refractivity contribution in [3.8, 4) is 0 Å². The number of H-pyrrole nitrogens is 1. The number of carboxylic acid groups (broad SMARTS) is 1. The third-order valence-corrected chi connectivity index (χ3v) is 6.28. The van der Waals surface area contributed by atoms with Crippen LogP contribution in [0, 0.1) is 5.92 Å². The normalized spacial score (nSPS) is 16.3. The zero-order valence-electron chi connectivity index (χ0n) is 19.7. The molecule has 7 heteroatoms. The van der Waals surface area contributed by atoms with Crippen molar-refractivity contribution < 1.29 is 14.7 Å². The molecule has 3 aromatic rings. The van der Waals surface area contributed by atoms with Crippen LogP contribution in [0.3, 0.4) is 0 Å². The van der Waals surface area contributed by atoms with E-state index in [9.17, 15) is 14.7 Å². The molecule has 0 spiro atoms. The van der Waals surface area contributed by atoms with Crippen molar-refractivity contribution in [1.29, 1.82) is 0 Å². The minimum absolute atomic E-state index is 0.0661. The summed E-state index contributed by atoms with van der Waals surface area (Å²) in [6, 6.07) is 15.0. The molecule has 178 valence electrons. The molecule has 0 saturated carbocycles. The van der Waals surface area contributed by atoms with Crippen LogP contribution in [-0.4, -0.2) is 64.5 Å². The summed E-state index contributed by atoms with van der Waals surface area (Å²) in [6.45, 7) is 7.48. The van der Waals surface area contributed by atoms with Gasteiger partial charge >= 0.3 is 5.97 Å². The first-order valence-electron chi connectivity index (χ1n) is 11.7. The molecule has 0 bridgehead atoms. The van der Waals surface area contributed by atoms with Crippen molar-refractivity contribution >= 4 is 34.5 Å². The second-order valence-electron chi connectivity index (χ2n) is 9.04. The van der Waals surface area contributed by atoms with Crippen LogP contribution in [0.5, 0.6) is 0 Å². The van der Waals surface area contributed by atoms with Crippen LogP contribution in [0.15, 0.2) is 60.8 Å². The van der Waals surface area contributed by atoms with E-state index in [1.54, 1.807) is 6.20 Å². The van der Waals surface area contributed by atoms with Gasteiger partial charge in [0, 0.05) is 67.0 Å². The van der Waals surface area contributed by atoms with Gasteiger partial charge in [0.1, 0.15) is 6.04 Å². The van der Waals surface area contributed by atoms with Crippen molar-refractivity contribution in [3.05, 3.63) is 71.9 Å². The SMILES string of the molecule is CC(C)C(=O)Nc1ccc2[nH]cc(C(C(=O)O)N3CCN(C/C=C/c4ccccc4)CC3)c2c1. The number of aromatic amines is 1. The fourth-order valence-electron chi connectivity index (χ4n) is 4.32. The van der Waals surface area contributed by atoms with E-state index in [0.717, 1.165) is 36.1 Å². The monoisotopic (exact) mass is 460 g/mol. The van der Waals surface area contributed by atoms with Crippen LogP contribution in [0.1, 0.15) is 31.0 Å². The smallest absolute Gasteiger partial charge is 0.325 e. The zero-order chi connectivity index (χ0) is 24.1. The molecule has 0 aliphatic carbocycles. The molecular formula is C27H32N4O3. The first-order valence-corrected chi connectivity index (χ1v) is 11.7. The zero-order valence-corrected chi connectivity index (χ0v) is 19.7. The Morgan fingerprint density at radius 3 is 2.50 bits per heavy atom. The number of fused-ring (bicyclic) bond motifs is 1. The molecule has 1 aromatic heterocycles. The van der Waals surface area contributed by atoms with E-state index in [4.69, 9.17) is 0 Å². The van der Waals surface area contributed by atoms with E-state index in [-0.39, 0.29) is 11.8 Å². The second-order valence-corrected chi connectivity index (χ2v) is 9.04. The fraction of sp³-hybridized carbons (Fsp3) is 0.333. The van der Waals surface area contributed by atoms with Gasteiger partial charge in [0.15, 0.2) is 0 Å². The van der Waals surface area contributed by atoms with Gasteiger partial charge in [0.2, 0.25) is 5.91 Å². The minimum Gasteiger partial charge on any atom is -0.480 e. The molecule has 34 heavy (non-hydrogen) atoms. The molecule has 1 unspecified atom stereocenters. The van der Waals surface area contributed by atoms with E-state index in [0.29, 0.717) is 18.8 Å². The lowest BCUT2D eigenvalue weighted by Crippen LogP contribution is -2.49. The number of carbonyl (C=O) groups excluding carboxylic acids is 1. The Balaban J connectivity index is 1.45. The van der Waals surface area contributed by atoms with Gasteiger partial charge in [-0.15, -0.1) is 0 Å². The van der Waals surface area contributed by atoms with E-state index in [2.05, 4.69) is 39.5 Å². The molecule has 3 N–H and O–H groups in total. The van der Waals surface area contributed by atoms with E-state index in [1.807, 2.05) is 55.1 Å². The van der Waals surface area contributed by atoms with Gasteiger partial charge < -0.3 is 15.4 Å². The number of benzene rings is 2. The predicted octanol–water partition coefficient (Wildman–Crippen LogP) is 4.22. The predicted molar refractivity (Wildman–Crippen MR) is 136 cm³/mol. The van der Waals surface area contributed by atoms with Gasteiger partial charge in [-0.2, -0.15) is 0 Å². The number of aromatic nitrogens is 1. The van der Waals surface area contributed by atoms with Gasteiger partial charge in [-0.1, -0.05) is 56.3 Å². The fourth-order valence-corrected chi connectivity index (χ4v) is 4.32. The topological polar surface area (TPSA) is 88.7 Å². The highest BCUT2D eigenvalue weighted by Gasteiger charge is 2.32. The van der Waals surface area contributed by atoms with Crippen molar-refractivity contribution in [3.63, 3.8) is 0 Å². The summed E-state index contributed by atoms with van der Waals surface area (Å²) >= 11 is 0. The molecule has 1 saturated heterocycles. The number of carboxylic acids is 1. The highest BCUT2D eigenvalue weighted by Crippen LogP contribution is 2.31. The van der Waals surface area contributed by atoms with Gasteiger partial charge in [-0.05, 0) is 23.8 Å². The molecular weight excluding hydrogens is 428 g/mol. The van der Waals surface area contributed by atoms with Crippen molar-refractivity contribution in [1.82, 2.24) is 14.8 Å². The average molecular weight is 461 g/mol. The molecule has 7 nitrogen and oxygen atoms in total. The summed E-state index contributed by atoms with van der Waals surface area (Å²) in [5.74, 6) is -1.06. The number of nitrogens with zero attached hydrogens (tertiary/aromatic N) is 2. The Bertz CT molecular complexity index is 1160. The highest BCUT2D eigenvalue weighted by molar-refractivity contribution is 5.96. The quantitative estimate of drug-likeness (QED) is 0.468. The molecule has 1 aliphatic heterocycles. The van der Waals surface area contributed by atoms with Crippen LogP contribution in [0.25, 0.3) is 17.0 Å². The number of nitrogens with one attached hydrogen (secondary N) is 2. The molecule has 1 aliphatic rings. The summed E-state index contributed by atoms with van der Waals surface area (Å²) in [7, 11) is 0. The van der Waals surface area contributed by atoms with Crippen molar-refractivity contribution in [2.45, 2.75) is 19.9 Å². The number of anilines is 1. The standard InChI is InChI=1S/C27H32N4O3/c1-19(2)26(32)29-21-10-11-24-22(17-21)23(18-28-24)25(27(33)34)31-15-13-30(14-16-31)12-6-9-20-7-4-3-5-8-20/h3-11,17-19,25,28H,12-16H2,1-2H3,(H,29,32)(H,33,34)/b9-6+. The summed E-state index contributed by atoms with van der Waals surface area (Å²) in [4.78, 5) is 32.0. The third-order valence-electron chi connectivity index (χ3n) is 6.28. The molecule has 4 rings (SSSR count). The van der Waals surface area contributed by atoms with E-state index < -0.39 is 12.0 Å². The highest BCUT2D eigenvalue weighted by atomic mass is 16.4. The molecule has 2 heterocycles. The maximum Gasteiger partial charge on any atom is 0.325 e. The maximum atomic E-state index is 12.4. The van der Waals surface area contributed by atoms with E-state index >= 15 is 0 Å². The Labute approximate surface area is 200 Å². The number of hydrogen-bond donors (Lipinski definition) is 3. The second kappa shape index (κ2) is 10.7. The molecule has 1 fully saturated rings. The van der Waals surface area contributed by atoms with Crippen molar-refractivity contribution in [2.24, 2.45) is 5.92 Å². The first-order chi connectivity index (χ1) is 16.4. The van der Waals surface area contributed by atoms with Gasteiger partial charge in [-0.3, -0.25) is 19.4 Å². The summed E-state index contributed by atoms with van der Waals surface area (Å²) in [5.41, 5.74) is 3.43. The van der Waals surface area contributed by atoms with Gasteiger partial charge in [0.25, 0.3) is 0 Å². The van der Waals surface area contributed by atoms with Crippen LogP contribution in [0.2, 0.25) is 0 Å². The third kappa shape index (κ3) is 5.55. The molecule has 0 radical (unpaired) electrons. The number of carbonyl (C=O) groups is 2. The first kappa shape index (κ1) is 23.7. The van der Waals surface area contributed by atoms with Crippen LogP contribution in [0.4, 0.5) is 5.69 Å². The van der Waals surface area contributed by atoms with Crippen LogP contribution >= 0.6 is 0 Å². The minimum atomic E-state index is -0.866. The Kier molecular flexibility index (Phi) is 7.45. The lowest BCUT2D eigenvalue weighted by atomic mass is 10.0. The number of amides is 1. The van der Waals surface area contributed by atoms with Crippen LogP contribution < -0.4 is 5.32 Å². The van der Waals surface area contributed by atoms with Gasteiger partial charge in [0.05, 0.1) is 0 Å². The summed E-state index contributed by atoms with van der Waals surface area (Å²) in [5, 5.41) is 13.9. The number of rotatable bonds is 8. The average Bonchev–Trinajstić information content (AvgIpc) is 3.23. The lowest BCUT2D eigenvalue weighted by Gasteiger charge is -2.37. The molecule has 1 amide bonds. The Morgan fingerprint density at radius 2 is 1.82 bits per heavy atom. The maximum absolute atomic E-state index is 12.4. The van der Waals surface area contributed by atoms with Gasteiger partial charge in [-0.25, -0.2) is 0 Å². The number of aliphatic carboxylic acids is 1. The van der Waals surface area contributed by atoms with Crippen molar-refractivity contribution in [2.75, 3.05) is 38.0 Å². The molecule has 1 atom stereocenters. The summed E-state index contributed by atoms with van der Waals surface area (Å²) < 4.78 is 0. The largest absolute Gasteiger partial charge is 0.480 e. The number of piperazine rings is 1. The van der Waals surface area contributed by atoms with E-state index in [1.165, 1.54) is 5.56 Å². The number of hydrogen-bond acceptors (Lipinski definition) is 4. The lowest BCUT2D eigenvalue weighted by molar-refractivity contribution is -0.144. The Hall–Kier alpha value is -3.42. The molecule has 2 aromatic carbocycles. The Morgan fingerprint density at radius 1 is 1.09 bits per heavy atom. The van der Waals surface area contributed by atoms with Crippen LogP contribution in [-0.2, 0) is 9.59 Å². The summed E-state index contributed by atoms with van der Waals surface area (Å²) in [6.07, 6.45) is 6.06.